The molecular weight excluding hydrogens is 240 g/mol. The maximum absolute atomic E-state index is 11.0. The van der Waals surface area contributed by atoms with Gasteiger partial charge in [0.15, 0.2) is 0 Å². The highest BCUT2D eigenvalue weighted by atomic mass is 16.4. The molecule has 1 heterocycles. The summed E-state index contributed by atoms with van der Waals surface area (Å²) in [6.07, 6.45) is 0.581. The molecule has 2 aromatic carbocycles. The van der Waals surface area contributed by atoms with Gasteiger partial charge in [-0.25, -0.2) is 4.79 Å². The monoisotopic (exact) mass is 252 g/mol. The highest BCUT2D eigenvalue weighted by molar-refractivity contribution is 5.91. The number of hydrogen-bond donors (Lipinski definition) is 2. The molecular formula is C15H12N2O2. The summed E-state index contributed by atoms with van der Waals surface area (Å²) in [5, 5.41) is 13.2. The Labute approximate surface area is 109 Å². The van der Waals surface area contributed by atoms with Crippen LogP contribution in [0.15, 0.2) is 60.8 Å². The topological polar surface area (TPSA) is 54.3 Å². The third-order valence-corrected chi connectivity index (χ3v) is 2.96. The van der Waals surface area contributed by atoms with Crippen LogP contribution in [0.5, 0.6) is 0 Å². The second-order valence-electron chi connectivity index (χ2n) is 4.23. The Morgan fingerprint density at radius 1 is 1.00 bits per heavy atom. The number of hydrogen-bond acceptors (Lipinski definition) is 2. The van der Waals surface area contributed by atoms with Crippen LogP contribution in [0.25, 0.3) is 10.9 Å². The molecule has 0 radical (unpaired) electrons. The molecule has 1 aromatic heterocycles. The molecule has 0 atom stereocenters. The summed E-state index contributed by atoms with van der Waals surface area (Å²) in [6, 6.07) is 17.2. The fourth-order valence-corrected chi connectivity index (χ4v) is 2.08. The molecule has 3 rings (SSSR count). The number of anilines is 2. The van der Waals surface area contributed by atoms with Crippen LogP contribution in [0.4, 0.5) is 16.2 Å². The summed E-state index contributed by atoms with van der Waals surface area (Å²) >= 11 is 0. The molecule has 3 aromatic rings. The summed E-state index contributed by atoms with van der Waals surface area (Å²) in [6.45, 7) is 0. The second kappa shape index (κ2) is 4.49. The molecule has 19 heavy (non-hydrogen) atoms. The van der Waals surface area contributed by atoms with Crippen LogP contribution >= 0.6 is 0 Å². The van der Waals surface area contributed by atoms with E-state index in [0.717, 1.165) is 16.8 Å². The highest BCUT2D eigenvalue weighted by Crippen LogP contribution is 2.23. The molecule has 4 heteroatoms. The van der Waals surface area contributed by atoms with Crippen molar-refractivity contribution in [2.45, 2.75) is 0 Å². The van der Waals surface area contributed by atoms with Crippen LogP contribution in [0.1, 0.15) is 0 Å². The minimum absolute atomic E-state index is 0.686. The molecule has 0 aliphatic rings. The maximum Gasteiger partial charge on any atom is 0.415 e. The standard InChI is InChI=1S/C15H12N2O2/c18-15(19)17-9-8-11-10-13(6-7-14(11)17)16-12-4-2-1-3-5-12/h1-10,16H,(H,18,19). The third kappa shape index (κ3) is 2.15. The SMILES string of the molecule is O=C(O)n1ccc2cc(Nc3ccccc3)ccc21. The average Bonchev–Trinajstić information content (AvgIpc) is 2.83. The number of benzene rings is 2. The Morgan fingerprint density at radius 2 is 1.79 bits per heavy atom. The number of fused-ring (bicyclic) bond motifs is 1. The smallest absolute Gasteiger partial charge is 0.415 e. The summed E-state index contributed by atoms with van der Waals surface area (Å²) in [7, 11) is 0. The average molecular weight is 252 g/mol. The molecule has 0 bridgehead atoms. The molecule has 0 saturated heterocycles. The molecule has 0 amide bonds. The van der Waals surface area contributed by atoms with Crippen LogP contribution in [-0.2, 0) is 0 Å². The Balaban J connectivity index is 1.97. The maximum atomic E-state index is 11.0. The van der Waals surface area contributed by atoms with Gasteiger partial charge in [0.25, 0.3) is 0 Å². The van der Waals surface area contributed by atoms with E-state index in [9.17, 15) is 4.79 Å². The van der Waals surface area contributed by atoms with Gasteiger partial charge in [-0.15, -0.1) is 0 Å². The van der Waals surface area contributed by atoms with E-state index in [1.807, 2.05) is 42.5 Å². The minimum atomic E-state index is -0.973. The Hall–Kier alpha value is -2.75. The zero-order chi connectivity index (χ0) is 13.2. The molecule has 0 spiro atoms. The van der Waals surface area contributed by atoms with E-state index in [4.69, 9.17) is 5.11 Å². The van der Waals surface area contributed by atoms with Crippen molar-refractivity contribution in [1.82, 2.24) is 4.57 Å². The minimum Gasteiger partial charge on any atom is -0.464 e. The van der Waals surface area contributed by atoms with Crippen molar-refractivity contribution in [3.63, 3.8) is 0 Å². The molecule has 2 N–H and O–H groups in total. The molecule has 94 valence electrons. The molecule has 0 aliphatic carbocycles. The van der Waals surface area contributed by atoms with Crippen molar-refractivity contribution in [3.8, 4) is 0 Å². The van der Waals surface area contributed by atoms with Crippen molar-refractivity contribution in [2.75, 3.05) is 5.32 Å². The van der Waals surface area contributed by atoms with Gasteiger partial charge in [-0.2, -0.15) is 0 Å². The zero-order valence-electron chi connectivity index (χ0n) is 10.1. The molecule has 0 fully saturated rings. The number of rotatable bonds is 2. The van der Waals surface area contributed by atoms with Gasteiger partial charge in [0.1, 0.15) is 0 Å². The van der Waals surface area contributed by atoms with Crippen LogP contribution in [0.3, 0.4) is 0 Å². The van der Waals surface area contributed by atoms with E-state index in [0.29, 0.717) is 5.52 Å². The predicted octanol–water partition coefficient (Wildman–Crippen LogP) is 3.91. The van der Waals surface area contributed by atoms with E-state index in [1.165, 1.54) is 4.57 Å². The number of carboxylic acid groups (broad SMARTS) is 1. The van der Waals surface area contributed by atoms with Gasteiger partial charge in [-0.1, -0.05) is 18.2 Å². The van der Waals surface area contributed by atoms with E-state index >= 15 is 0 Å². The van der Waals surface area contributed by atoms with Gasteiger partial charge in [0.2, 0.25) is 0 Å². The van der Waals surface area contributed by atoms with Gasteiger partial charge in [0, 0.05) is 23.0 Å². The van der Waals surface area contributed by atoms with E-state index in [-0.39, 0.29) is 0 Å². The first kappa shape index (κ1) is 11.3. The first-order valence-corrected chi connectivity index (χ1v) is 5.90. The number of nitrogens with one attached hydrogen (secondary N) is 1. The van der Waals surface area contributed by atoms with Crippen molar-refractivity contribution in [2.24, 2.45) is 0 Å². The van der Waals surface area contributed by atoms with E-state index in [1.54, 1.807) is 18.3 Å². The van der Waals surface area contributed by atoms with E-state index in [2.05, 4.69) is 5.32 Å². The summed E-state index contributed by atoms with van der Waals surface area (Å²) in [4.78, 5) is 11.0. The Bertz CT molecular complexity index is 732. The van der Waals surface area contributed by atoms with Crippen molar-refractivity contribution in [1.29, 1.82) is 0 Å². The van der Waals surface area contributed by atoms with Gasteiger partial charge in [-0.05, 0) is 36.4 Å². The van der Waals surface area contributed by atoms with E-state index < -0.39 is 6.09 Å². The summed E-state index contributed by atoms with van der Waals surface area (Å²) < 4.78 is 1.21. The van der Waals surface area contributed by atoms with Crippen LogP contribution < -0.4 is 5.32 Å². The molecule has 4 nitrogen and oxygen atoms in total. The van der Waals surface area contributed by atoms with Gasteiger partial charge in [-0.3, -0.25) is 4.57 Å². The Kier molecular flexibility index (Phi) is 2.68. The quantitative estimate of drug-likeness (QED) is 0.727. The number of para-hydroxylation sites is 1. The number of nitrogens with zero attached hydrogens (tertiary/aromatic N) is 1. The van der Waals surface area contributed by atoms with Gasteiger partial charge < -0.3 is 10.4 Å². The third-order valence-electron chi connectivity index (χ3n) is 2.96. The Morgan fingerprint density at radius 3 is 2.53 bits per heavy atom. The lowest BCUT2D eigenvalue weighted by Crippen LogP contribution is -2.05. The lowest BCUT2D eigenvalue weighted by molar-refractivity contribution is 0.197. The fourth-order valence-electron chi connectivity index (χ4n) is 2.08. The van der Waals surface area contributed by atoms with Crippen LogP contribution in [0, 0.1) is 0 Å². The number of carbonyl (C=O) groups is 1. The van der Waals surface area contributed by atoms with Crippen molar-refractivity contribution >= 4 is 28.4 Å². The summed E-state index contributed by atoms with van der Waals surface area (Å²) in [5.41, 5.74) is 2.62. The van der Waals surface area contributed by atoms with Gasteiger partial charge in [0.05, 0.1) is 5.52 Å². The highest BCUT2D eigenvalue weighted by Gasteiger charge is 2.06. The van der Waals surface area contributed by atoms with Crippen LogP contribution in [-0.4, -0.2) is 15.8 Å². The molecule has 0 aliphatic heterocycles. The van der Waals surface area contributed by atoms with Crippen LogP contribution in [0.2, 0.25) is 0 Å². The fraction of sp³-hybridized carbons (Fsp3) is 0. The van der Waals surface area contributed by atoms with Crippen molar-refractivity contribution < 1.29 is 9.90 Å². The summed E-state index contributed by atoms with van der Waals surface area (Å²) in [5.74, 6) is 0. The first-order valence-electron chi connectivity index (χ1n) is 5.90. The van der Waals surface area contributed by atoms with Gasteiger partial charge >= 0.3 is 6.09 Å². The first-order chi connectivity index (χ1) is 9.24. The number of aromatic nitrogens is 1. The second-order valence-corrected chi connectivity index (χ2v) is 4.23. The van der Waals surface area contributed by atoms with Crippen molar-refractivity contribution in [3.05, 3.63) is 60.8 Å². The lowest BCUT2D eigenvalue weighted by atomic mass is 10.2. The zero-order valence-corrected chi connectivity index (χ0v) is 10.1. The normalized spacial score (nSPS) is 10.5. The molecule has 0 saturated carbocycles. The predicted molar refractivity (Wildman–Crippen MR) is 75.1 cm³/mol. The lowest BCUT2D eigenvalue weighted by Gasteiger charge is -2.06. The largest absolute Gasteiger partial charge is 0.464 e. The molecule has 0 unspecified atom stereocenters.